The summed E-state index contributed by atoms with van der Waals surface area (Å²) in [6, 6.07) is 6.38. The Hall–Kier alpha value is -0.540. The summed E-state index contributed by atoms with van der Waals surface area (Å²) in [6.45, 7) is 5.61. The van der Waals surface area contributed by atoms with Gasteiger partial charge in [0.2, 0.25) is 0 Å². The van der Waals surface area contributed by atoms with Gasteiger partial charge < -0.3 is 10.6 Å². The molecule has 2 nitrogen and oxygen atoms in total. The summed E-state index contributed by atoms with van der Waals surface area (Å²) in [5.74, 6) is 0.861. The van der Waals surface area contributed by atoms with Gasteiger partial charge in [0.25, 0.3) is 0 Å². The zero-order chi connectivity index (χ0) is 11.4. The number of hydrogen-bond acceptors (Lipinski definition) is 2. The first kappa shape index (κ1) is 11.9. The molecule has 1 aliphatic heterocycles. The summed E-state index contributed by atoms with van der Waals surface area (Å²) >= 11 is 3.50. The van der Waals surface area contributed by atoms with E-state index in [2.05, 4.69) is 51.7 Å². The average molecular weight is 283 g/mol. The maximum absolute atomic E-state index is 3.52. The lowest BCUT2D eigenvalue weighted by molar-refractivity contribution is 0.549. The minimum Gasteiger partial charge on any atom is -0.385 e. The molecule has 88 valence electrons. The lowest BCUT2D eigenvalue weighted by Crippen LogP contribution is -2.13. The second kappa shape index (κ2) is 5.69. The lowest BCUT2D eigenvalue weighted by Gasteiger charge is -2.12. The maximum atomic E-state index is 3.52. The molecule has 0 aliphatic carbocycles. The maximum Gasteiger partial charge on any atom is 0.0381 e. The van der Waals surface area contributed by atoms with Crippen molar-refractivity contribution in [1.29, 1.82) is 0 Å². The van der Waals surface area contributed by atoms with Gasteiger partial charge in [-0.3, -0.25) is 0 Å². The molecule has 0 aromatic heterocycles. The van der Waals surface area contributed by atoms with Crippen LogP contribution in [0.4, 0.5) is 5.69 Å². The molecule has 1 aromatic carbocycles. The standard InChI is InChI=1S/C13H19BrN2/c1-10-2-3-12(14)8-13(10)16-7-5-11-4-6-15-9-11/h2-3,8,11,15-16H,4-7,9H2,1H3. The molecule has 1 atom stereocenters. The van der Waals surface area contributed by atoms with Crippen LogP contribution in [0.3, 0.4) is 0 Å². The van der Waals surface area contributed by atoms with Crippen molar-refractivity contribution in [3.8, 4) is 0 Å². The van der Waals surface area contributed by atoms with Gasteiger partial charge in [0.05, 0.1) is 0 Å². The first-order chi connectivity index (χ1) is 7.75. The molecule has 1 fully saturated rings. The Morgan fingerprint density at radius 2 is 2.38 bits per heavy atom. The van der Waals surface area contributed by atoms with Crippen LogP contribution in [0.2, 0.25) is 0 Å². The highest BCUT2D eigenvalue weighted by Crippen LogP contribution is 2.21. The van der Waals surface area contributed by atoms with Gasteiger partial charge in [0.1, 0.15) is 0 Å². The molecule has 2 N–H and O–H groups in total. The Morgan fingerprint density at radius 3 is 3.12 bits per heavy atom. The van der Waals surface area contributed by atoms with Crippen LogP contribution in [0.1, 0.15) is 18.4 Å². The normalized spacial score (nSPS) is 20.0. The topological polar surface area (TPSA) is 24.1 Å². The average Bonchev–Trinajstić information content (AvgIpc) is 2.76. The van der Waals surface area contributed by atoms with Crippen molar-refractivity contribution in [1.82, 2.24) is 5.32 Å². The van der Waals surface area contributed by atoms with Crippen LogP contribution in [0.5, 0.6) is 0 Å². The fourth-order valence-electron chi connectivity index (χ4n) is 2.16. The highest BCUT2D eigenvalue weighted by Gasteiger charge is 2.13. The number of anilines is 1. The van der Waals surface area contributed by atoms with E-state index in [1.807, 2.05) is 0 Å². The van der Waals surface area contributed by atoms with Crippen molar-refractivity contribution in [2.45, 2.75) is 19.8 Å². The van der Waals surface area contributed by atoms with Gasteiger partial charge in [0, 0.05) is 16.7 Å². The molecule has 0 spiro atoms. The SMILES string of the molecule is Cc1ccc(Br)cc1NCCC1CCNC1. The van der Waals surface area contributed by atoms with Gasteiger partial charge in [-0.25, -0.2) is 0 Å². The molecule has 1 heterocycles. The Morgan fingerprint density at radius 1 is 1.50 bits per heavy atom. The molecule has 1 aliphatic rings. The number of halogens is 1. The minimum atomic E-state index is 0.861. The largest absolute Gasteiger partial charge is 0.385 e. The number of aryl methyl sites for hydroxylation is 1. The zero-order valence-electron chi connectivity index (χ0n) is 9.72. The van der Waals surface area contributed by atoms with Crippen LogP contribution in [-0.4, -0.2) is 19.6 Å². The highest BCUT2D eigenvalue weighted by molar-refractivity contribution is 9.10. The number of rotatable bonds is 4. The number of hydrogen-bond donors (Lipinski definition) is 2. The fraction of sp³-hybridized carbons (Fsp3) is 0.538. The number of nitrogens with one attached hydrogen (secondary N) is 2. The molecule has 0 bridgehead atoms. The summed E-state index contributed by atoms with van der Waals surface area (Å²) in [6.07, 6.45) is 2.60. The molecule has 0 amide bonds. The Bertz CT molecular complexity index is 346. The summed E-state index contributed by atoms with van der Waals surface area (Å²) in [5, 5.41) is 6.93. The summed E-state index contributed by atoms with van der Waals surface area (Å²) in [7, 11) is 0. The van der Waals surface area contributed by atoms with Crippen LogP contribution in [0.15, 0.2) is 22.7 Å². The third-order valence-electron chi connectivity index (χ3n) is 3.23. The molecule has 1 saturated heterocycles. The smallest absolute Gasteiger partial charge is 0.0381 e. The van der Waals surface area contributed by atoms with E-state index in [1.54, 1.807) is 0 Å². The summed E-state index contributed by atoms with van der Waals surface area (Å²) < 4.78 is 1.14. The van der Waals surface area contributed by atoms with Gasteiger partial charge in [0.15, 0.2) is 0 Å². The molecule has 16 heavy (non-hydrogen) atoms. The zero-order valence-corrected chi connectivity index (χ0v) is 11.3. The second-order valence-corrected chi connectivity index (χ2v) is 5.45. The van der Waals surface area contributed by atoms with Crippen molar-refractivity contribution in [2.24, 2.45) is 5.92 Å². The predicted molar refractivity (Wildman–Crippen MR) is 73.0 cm³/mol. The van der Waals surface area contributed by atoms with Crippen molar-refractivity contribution in [3.05, 3.63) is 28.2 Å². The van der Waals surface area contributed by atoms with Crippen LogP contribution in [-0.2, 0) is 0 Å². The van der Waals surface area contributed by atoms with Crippen LogP contribution < -0.4 is 10.6 Å². The van der Waals surface area contributed by atoms with Crippen LogP contribution in [0, 0.1) is 12.8 Å². The van der Waals surface area contributed by atoms with Crippen molar-refractivity contribution < 1.29 is 0 Å². The van der Waals surface area contributed by atoms with Gasteiger partial charge in [-0.2, -0.15) is 0 Å². The minimum absolute atomic E-state index is 0.861. The predicted octanol–water partition coefficient (Wildman–Crippen LogP) is 3.17. The Kier molecular flexibility index (Phi) is 4.24. The van der Waals surface area contributed by atoms with Gasteiger partial charge in [-0.05, 0) is 56.5 Å². The van der Waals surface area contributed by atoms with E-state index < -0.39 is 0 Å². The van der Waals surface area contributed by atoms with Crippen LogP contribution >= 0.6 is 15.9 Å². The molecule has 1 aromatic rings. The second-order valence-electron chi connectivity index (χ2n) is 4.53. The van der Waals surface area contributed by atoms with E-state index in [0.717, 1.165) is 16.9 Å². The van der Waals surface area contributed by atoms with Crippen molar-refractivity contribution in [2.75, 3.05) is 25.0 Å². The third kappa shape index (κ3) is 3.22. The summed E-state index contributed by atoms with van der Waals surface area (Å²) in [5.41, 5.74) is 2.56. The number of benzene rings is 1. The van der Waals surface area contributed by atoms with E-state index in [4.69, 9.17) is 0 Å². The van der Waals surface area contributed by atoms with E-state index >= 15 is 0 Å². The molecule has 3 heteroatoms. The van der Waals surface area contributed by atoms with Crippen molar-refractivity contribution >= 4 is 21.6 Å². The van der Waals surface area contributed by atoms with Gasteiger partial charge in [-0.15, -0.1) is 0 Å². The van der Waals surface area contributed by atoms with Crippen molar-refractivity contribution in [3.63, 3.8) is 0 Å². The Labute approximate surface area is 106 Å². The fourth-order valence-corrected chi connectivity index (χ4v) is 2.52. The first-order valence-electron chi connectivity index (χ1n) is 5.96. The van der Waals surface area contributed by atoms with Gasteiger partial charge in [-0.1, -0.05) is 22.0 Å². The molecular formula is C13H19BrN2. The van der Waals surface area contributed by atoms with E-state index in [1.165, 1.54) is 37.2 Å². The van der Waals surface area contributed by atoms with Crippen LogP contribution in [0.25, 0.3) is 0 Å². The Balaban J connectivity index is 1.82. The van der Waals surface area contributed by atoms with E-state index in [9.17, 15) is 0 Å². The molecule has 0 saturated carbocycles. The van der Waals surface area contributed by atoms with E-state index in [-0.39, 0.29) is 0 Å². The molecule has 0 radical (unpaired) electrons. The third-order valence-corrected chi connectivity index (χ3v) is 3.72. The lowest BCUT2D eigenvalue weighted by atomic mass is 10.1. The van der Waals surface area contributed by atoms with E-state index in [0.29, 0.717) is 0 Å². The first-order valence-corrected chi connectivity index (χ1v) is 6.76. The quantitative estimate of drug-likeness (QED) is 0.887. The molecule has 1 unspecified atom stereocenters. The monoisotopic (exact) mass is 282 g/mol. The molecule has 2 rings (SSSR count). The highest BCUT2D eigenvalue weighted by atomic mass is 79.9. The van der Waals surface area contributed by atoms with Gasteiger partial charge >= 0.3 is 0 Å². The summed E-state index contributed by atoms with van der Waals surface area (Å²) in [4.78, 5) is 0. The molecular weight excluding hydrogens is 264 g/mol.